The average molecular weight is 593 g/mol. The third-order valence-corrected chi connectivity index (χ3v) is 10.1. The van der Waals surface area contributed by atoms with Gasteiger partial charge in [0.2, 0.25) is 0 Å². The molecule has 0 aliphatic heterocycles. The SMILES string of the molecule is c1ccc(-n2c3ccccc3c3c4c5cccc(-c6ncc7c(n6)sc6ccccc67)c5n(-c5ccccc5)c4ccc32)cc1. The lowest BCUT2D eigenvalue weighted by Crippen LogP contribution is -1.97. The molecule has 0 bridgehead atoms. The Morgan fingerprint density at radius 2 is 1.09 bits per heavy atom. The number of thiophene rings is 1. The predicted octanol–water partition coefficient (Wildman–Crippen LogP) is 10.7. The molecule has 4 aromatic heterocycles. The largest absolute Gasteiger partial charge is 0.309 e. The standard InChI is InChI=1S/C40H24N4S/c1-3-12-25(13-4-1)43-32-20-9-7-17-28(32)36-33(43)22-23-34-37(36)29-18-11-19-30(38(29)44(34)26-14-5-2-6-15-26)39-41-24-31-27-16-8-10-21-35(27)45-40(31)42-39/h1-24H. The maximum Gasteiger partial charge on any atom is 0.162 e. The van der Waals surface area contributed by atoms with Crippen LogP contribution in [0, 0.1) is 0 Å². The van der Waals surface area contributed by atoms with Gasteiger partial charge in [-0.2, -0.15) is 0 Å². The molecule has 0 radical (unpaired) electrons. The van der Waals surface area contributed by atoms with Gasteiger partial charge in [-0.3, -0.25) is 0 Å². The summed E-state index contributed by atoms with van der Waals surface area (Å²) in [5.74, 6) is 0.739. The molecule has 0 atom stereocenters. The van der Waals surface area contributed by atoms with Gasteiger partial charge in [-0.1, -0.05) is 84.9 Å². The summed E-state index contributed by atoms with van der Waals surface area (Å²) >= 11 is 1.72. The number of nitrogens with zero attached hydrogens (tertiary/aromatic N) is 4. The molecule has 10 rings (SSSR count). The van der Waals surface area contributed by atoms with Crippen LogP contribution in [0.2, 0.25) is 0 Å². The molecule has 0 N–H and O–H groups in total. The number of fused-ring (bicyclic) bond motifs is 10. The third-order valence-electron chi connectivity index (χ3n) is 8.99. The molecule has 6 aromatic carbocycles. The molecule has 0 spiro atoms. The maximum atomic E-state index is 5.18. The lowest BCUT2D eigenvalue weighted by atomic mass is 10.0. The molecule has 0 aliphatic rings. The fourth-order valence-corrected chi connectivity index (χ4v) is 8.18. The zero-order valence-electron chi connectivity index (χ0n) is 24.1. The Balaban J connectivity index is 1.37. The van der Waals surface area contributed by atoms with Crippen LogP contribution in [-0.2, 0) is 0 Å². The van der Waals surface area contributed by atoms with Crippen LogP contribution in [-0.4, -0.2) is 19.1 Å². The average Bonchev–Trinajstić information content (AvgIpc) is 3.76. The van der Waals surface area contributed by atoms with Crippen molar-refractivity contribution in [2.45, 2.75) is 0 Å². The molecule has 0 saturated carbocycles. The van der Waals surface area contributed by atoms with Crippen LogP contribution in [0.5, 0.6) is 0 Å². The molecule has 0 fully saturated rings. The van der Waals surface area contributed by atoms with E-state index in [0.29, 0.717) is 0 Å². The molecular formula is C40H24N4S. The van der Waals surface area contributed by atoms with Crippen molar-refractivity contribution in [2.24, 2.45) is 0 Å². The smallest absolute Gasteiger partial charge is 0.162 e. The Bertz CT molecular complexity index is 2750. The number of benzene rings is 6. The second-order valence-corrected chi connectivity index (χ2v) is 12.5. The van der Waals surface area contributed by atoms with E-state index in [0.717, 1.165) is 44.0 Å². The maximum absolute atomic E-state index is 5.18. The van der Waals surface area contributed by atoms with Gasteiger partial charge in [0.15, 0.2) is 5.82 Å². The summed E-state index contributed by atoms with van der Waals surface area (Å²) < 4.78 is 6.01. The van der Waals surface area contributed by atoms with Crippen LogP contribution in [0.15, 0.2) is 146 Å². The van der Waals surface area contributed by atoms with Crippen molar-refractivity contribution in [1.29, 1.82) is 0 Å². The van der Waals surface area contributed by atoms with Crippen molar-refractivity contribution in [3.63, 3.8) is 0 Å². The lowest BCUT2D eigenvalue weighted by molar-refractivity contribution is 1.16. The van der Waals surface area contributed by atoms with Crippen molar-refractivity contribution in [1.82, 2.24) is 19.1 Å². The highest BCUT2D eigenvalue weighted by Crippen LogP contribution is 2.44. The van der Waals surface area contributed by atoms with E-state index < -0.39 is 0 Å². The first-order valence-corrected chi connectivity index (χ1v) is 15.9. The van der Waals surface area contributed by atoms with Crippen molar-refractivity contribution in [3.8, 4) is 22.8 Å². The number of para-hydroxylation sites is 4. The Kier molecular flexibility index (Phi) is 5.12. The summed E-state index contributed by atoms with van der Waals surface area (Å²) in [6.07, 6.45) is 2.00. The monoisotopic (exact) mass is 592 g/mol. The third kappa shape index (κ3) is 3.47. The van der Waals surface area contributed by atoms with Crippen LogP contribution in [0.4, 0.5) is 0 Å². The van der Waals surface area contributed by atoms with Gasteiger partial charge in [0, 0.05) is 60.2 Å². The lowest BCUT2D eigenvalue weighted by Gasteiger charge is -2.11. The molecule has 10 aromatic rings. The Morgan fingerprint density at radius 1 is 0.467 bits per heavy atom. The minimum absolute atomic E-state index is 0.739. The van der Waals surface area contributed by atoms with Gasteiger partial charge in [-0.25, -0.2) is 9.97 Å². The molecule has 0 amide bonds. The number of aromatic nitrogens is 4. The molecular weight excluding hydrogens is 569 g/mol. The van der Waals surface area contributed by atoms with E-state index in [1.165, 1.54) is 42.7 Å². The summed E-state index contributed by atoms with van der Waals surface area (Å²) in [6.45, 7) is 0. The fourth-order valence-electron chi connectivity index (χ4n) is 7.14. The first-order valence-electron chi connectivity index (χ1n) is 15.1. The summed E-state index contributed by atoms with van der Waals surface area (Å²) in [7, 11) is 0. The molecule has 45 heavy (non-hydrogen) atoms. The number of hydrogen-bond acceptors (Lipinski definition) is 3. The highest BCUT2D eigenvalue weighted by Gasteiger charge is 2.23. The van der Waals surface area contributed by atoms with Crippen LogP contribution < -0.4 is 0 Å². The normalized spacial score (nSPS) is 12.0. The highest BCUT2D eigenvalue weighted by molar-refractivity contribution is 7.25. The zero-order chi connectivity index (χ0) is 29.5. The van der Waals surface area contributed by atoms with E-state index in [1.54, 1.807) is 11.3 Å². The van der Waals surface area contributed by atoms with Gasteiger partial charge in [-0.05, 0) is 54.6 Å². The zero-order valence-corrected chi connectivity index (χ0v) is 24.9. The van der Waals surface area contributed by atoms with Crippen LogP contribution in [0.25, 0.3) is 86.7 Å². The van der Waals surface area contributed by atoms with Crippen LogP contribution in [0.3, 0.4) is 0 Å². The quantitative estimate of drug-likeness (QED) is 0.205. The van der Waals surface area contributed by atoms with Gasteiger partial charge >= 0.3 is 0 Å². The topological polar surface area (TPSA) is 35.6 Å². The molecule has 4 heterocycles. The minimum Gasteiger partial charge on any atom is -0.309 e. The summed E-state index contributed by atoms with van der Waals surface area (Å²) in [5.41, 5.74) is 7.95. The predicted molar refractivity (Wildman–Crippen MR) is 189 cm³/mol. The fraction of sp³-hybridized carbons (Fsp3) is 0. The van der Waals surface area contributed by atoms with Crippen LogP contribution in [0.1, 0.15) is 0 Å². The number of rotatable bonds is 3. The molecule has 210 valence electrons. The summed E-state index contributed by atoms with van der Waals surface area (Å²) in [5, 5.41) is 7.23. The van der Waals surface area contributed by atoms with Gasteiger partial charge in [0.1, 0.15) is 4.83 Å². The minimum atomic E-state index is 0.739. The van der Waals surface area contributed by atoms with Crippen LogP contribution >= 0.6 is 11.3 Å². The van der Waals surface area contributed by atoms with E-state index in [4.69, 9.17) is 9.97 Å². The molecule has 0 saturated heterocycles. The van der Waals surface area contributed by atoms with E-state index in [-0.39, 0.29) is 0 Å². The Morgan fingerprint density at radius 3 is 1.89 bits per heavy atom. The first kappa shape index (κ1) is 24.6. The van der Waals surface area contributed by atoms with Gasteiger partial charge < -0.3 is 9.13 Å². The summed E-state index contributed by atoms with van der Waals surface area (Å²) in [6, 6.07) is 49.7. The Hall–Kier alpha value is -5.78. The van der Waals surface area contributed by atoms with Crippen molar-refractivity contribution < 1.29 is 0 Å². The number of hydrogen-bond donors (Lipinski definition) is 0. The summed E-state index contributed by atoms with van der Waals surface area (Å²) in [4.78, 5) is 11.2. The van der Waals surface area contributed by atoms with E-state index >= 15 is 0 Å². The van der Waals surface area contributed by atoms with E-state index in [9.17, 15) is 0 Å². The van der Waals surface area contributed by atoms with Gasteiger partial charge in [0.05, 0.1) is 22.1 Å². The van der Waals surface area contributed by atoms with Crippen molar-refractivity contribution >= 4 is 75.3 Å². The first-order chi connectivity index (χ1) is 22.3. The highest BCUT2D eigenvalue weighted by atomic mass is 32.1. The van der Waals surface area contributed by atoms with Crippen molar-refractivity contribution in [3.05, 3.63) is 146 Å². The van der Waals surface area contributed by atoms with Crippen molar-refractivity contribution in [2.75, 3.05) is 0 Å². The van der Waals surface area contributed by atoms with Gasteiger partial charge in [0.25, 0.3) is 0 Å². The second kappa shape index (κ2) is 9.36. The van der Waals surface area contributed by atoms with E-state index in [2.05, 4.69) is 149 Å². The van der Waals surface area contributed by atoms with Gasteiger partial charge in [-0.15, -0.1) is 11.3 Å². The van der Waals surface area contributed by atoms with E-state index in [1.807, 2.05) is 6.20 Å². The molecule has 4 nitrogen and oxygen atoms in total. The Labute approximate surface area is 262 Å². The second-order valence-electron chi connectivity index (χ2n) is 11.4. The molecule has 0 unspecified atom stereocenters. The molecule has 0 aliphatic carbocycles. The molecule has 5 heteroatoms.